The van der Waals surface area contributed by atoms with Gasteiger partial charge in [-0.05, 0) is 36.4 Å². The van der Waals surface area contributed by atoms with E-state index in [9.17, 15) is 8.42 Å². The number of nitrogens with zero attached hydrogens (tertiary/aromatic N) is 2. The van der Waals surface area contributed by atoms with Gasteiger partial charge in [-0.15, -0.1) is 12.4 Å². The van der Waals surface area contributed by atoms with E-state index >= 15 is 0 Å². The summed E-state index contributed by atoms with van der Waals surface area (Å²) in [6.45, 7) is 0. The minimum atomic E-state index is -3.41. The molecule has 0 radical (unpaired) electrons. The van der Waals surface area contributed by atoms with Gasteiger partial charge in [-0.2, -0.15) is 0 Å². The fourth-order valence-electron chi connectivity index (χ4n) is 3.22. The van der Waals surface area contributed by atoms with Crippen LogP contribution in [-0.2, 0) is 10.0 Å². The largest absolute Gasteiger partial charge is 0.494 e. The number of benzene rings is 2. The van der Waals surface area contributed by atoms with E-state index in [0.717, 1.165) is 11.6 Å². The zero-order valence-electron chi connectivity index (χ0n) is 17.3. The molecule has 0 aliphatic heterocycles. The van der Waals surface area contributed by atoms with Crippen LogP contribution in [0, 0.1) is 0 Å². The second-order valence-corrected chi connectivity index (χ2v) is 8.97. The van der Waals surface area contributed by atoms with Crippen LogP contribution in [0.2, 0.25) is 5.02 Å². The molecule has 2 aromatic heterocycles. The zero-order chi connectivity index (χ0) is 22.2. The van der Waals surface area contributed by atoms with Crippen LogP contribution in [0.4, 0.5) is 17.1 Å². The number of rotatable bonds is 6. The van der Waals surface area contributed by atoms with E-state index in [-0.39, 0.29) is 12.4 Å². The van der Waals surface area contributed by atoms with Crippen LogP contribution in [0.25, 0.3) is 21.9 Å². The van der Waals surface area contributed by atoms with Crippen molar-refractivity contribution in [1.29, 1.82) is 0 Å². The maximum atomic E-state index is 11.6. The number of anilines is 3. The Morgan fingerprint density at radius 2 is 1.72 bits per heavy atom. The lowest BCUT2D eigenvalue weighted by molar-refractivity contribution is 0.399. The first kappa shape index (κ1) is 23.6. The Hall–Kier alpha value is -3.01. The molecule has 0 fully saturated rings. The van der Waals surface area contributed by atoms with Crippen LogP contribution < -0.4 is 19.5 Å². The summed E-state index contributed by atoms with van der Waals surface area (Å²) in [6, 6.07) is 13.9. The number of hydrogen-bond donors (Lipinski definition) is 2. The molecule has 4 aromatic rings. The SMILES string of the molecule is COc1ccc2nc3cc(Cl)ccc3c(Nc3ccc(NS(C)(=O)=O)cc3OC)c2n1.Cl. The molecule has 0 saturated heterocycles. The van der Waals surface area contributed by atoms with Crippen molar-refractivity contribution in [3.05, 3.63) is 53.6 Å². The summed E-state index contributed by atoms with van der Waals surface area (Å²) in [4.78, 5) is 9.23. The molecule has 32 heavy (non-hydrogen) atoms. The smallest absolute Gasteiger partial charge is 0.229 e. The molecule has 2 N–H and O–H groups in total. The molecule has 0 aliphatic carbocycles. The van der Waals surface area contributed by atoms with Crippen LogP contribution in [-0.4, -0.2) is 38.9 Å². The lowest BCUT2D eigenvalue weighted by Crippen LogP contribution is -2.09. The molecule has 8 nitrogen and oxygen atoms in total. The van der Waals surface area contributed by atoms with Crippen LogP contribution >= 0.6 is 24.0 Å². The topological polar surface area (TPSA) is 102 Å². The van der Waals surface area contributed by atoms with Gasteiger partial charge in [-0.25, -0.2) is 18.4 Å². The molecule has 0 amide bonds. The average molecular weight is 495 g/mol. The van der Waals surface area contributed by atoms with Gasteiger partial charge < -0.3 is 14.8 Å². The van der Waals surface area contributed by atoms with Gasteiger partial charge in [0.25, 0.3) is 0 Å². The van der Waals surface area contributed by atoms with Crippen molar-refractivity contribution in [3.63, 3.8) is 0 Å². The zero-order valence-corrected chi connectivity index (χ0v) is 19.7. The molecule has 0 atom stereocenters. The van der Waals surface area contributed by atoms with E-state index in [2.05, 4.69) is 20.0 Å². The van der Waals surface area contributed by atoms with Gasteiger partial charge in [0, 0.05) is 22.5 Å². The number of pyridine rings is 2. The van der Waals surface area contributed by atoms with Crippen LogP contribution in [0.5, 0.6) is 11.6 Å². The maximum Gasteiger partial charge on any atom is 0.229 e. The van der Waals surface area contributed by atoms with Crippen molar-refractivity contribution in [3.8, 4) is 11.6 Å². The molecule has 2 aromatic carbocycles. The third-order valence-electron chi connectivity index (χ3n) is 4.53. The van der Waals surface area contributed by atoms with Crippen LogP contribution in [0.3, 0.4) is 0 Å². The first-order valence-corrected chi connectivity index (χ1v) is 11.4. The molecular weight excluding hydrogens is 475 g/mol. The Balaban J connectivity index is 0.00000289. The van der Waals surface area contributed by atoms with E-state index in [0.29, 0.717) is 50.3 Å². The standard InChI is InChI=1S/C21H19ClN4O4S.ClH/c1-29-18-11-13(26-31(3,27)28)5-7-15(18)24-20-14-6-4-12(22)10-17(14)23-16-8-9-19(30-2)25-21(16)20;/h4-11,26H,1-3H3,(H,23,24);1H. The molecule has 2 heterocycles. The second-order valence-electron chi connectivity index (χ2n) is 6.78. The quantitative estimate of drug-likeness (QED) is 0.364. The van der Waals surface area contributed by atoms with Crippen molar-refractivity contribution < 1.29 is 17.9 Å². The average Bonchev–Trinajstić information content (AvgIpc) is 2.72. The molecule has 4 rings (SSSR count). The molecule has 168 valence electrons. The molecule has 11 heteroatoms. The maximum absolute atomic E-state index is 11.6. The van der Waals surface area contributed by atoms with E-state index in [4.69, 9.17) is 21.1 Å². The summed E-state index contributed by atoms with van der Waals surface area (Å²) in [5.74, 6) is 0.897. The van der Waals surface area contributed by atoms with Gasteiger partial charge in [-0.1, -0.05) is 11.6 Å². The summed E-state index contributed by atoms with van der Waals surface area (Å²) in [5.41, 5.74) is 3.67. The fraction of sp³-hybridized carbons (Fsp3) is 0.143. The van der Waals surface area contributed by atoms with Gasteiger partial charge >= 0.3 is 0 Å². The lowest BCUT2D eigenvalue weighted by Gasteiger charge is -2.16. The summed E-state index contributed by atoms with van der Waals surface area (Å²) in [7, 11) is -0.358. The highest BCUT2D eigenvalue weighted by molar-refractivity contribution is 7.92. The summed E-state index contributed by atoms with van der Waals surface area (Å²) in [6.07, 6.45) is 1.09. The Morgan fingerprint density at radius 3 is 2.41 bits per heavy atom. The van der Waals surface area contributed by atoms with E-state index in [1.54, 1.807) is 43.5 Å². The third-order valence-corrected chi connectivity index (χ3v) is 5.37. The molecule has 0 unspecified atom stereocenters. The minimum absolute atomic E-state index is 0. The number of methoxy groups -OCH3 is 2. The Kier molecular flexibility index (Phi) is 6.82. The molecule has 0 spiro atoms. The Labute approximate surface area is 196 Å². The van der Waals surface area contributed by atoms with Crippen LogP contribution in [0.15, 0.2) is 48.5 Å². The second kappa shape index (κ2) is 9.23. The number of halogens is 2. The highest BCUT2D eigenvalue weighted by atomic mass is 35.5. The molecular formula is C21H20Cl2N4O4S. The summed E-state index contributed by atoms with van der Waals surface area (Å²) >= 11 is 6.18. The Morgan fingerprint density at radius 1 is 0.938 bits per heavy atom. The fourth-order valence-corrected chi connectivity index (χ4v) is 3.94. The third kappa shape index (κ3) is 4.90. The number of fused-ring (bicyclic) bond motifs is 2. The van der Waals surface area contributed by atoms with E-state index in [1.807, 2.05) is 12.1 Å². The number of sulfonamides is 1. The van der Waals surface area contributed by atoms with Crippen molar-refractivity contribution in [2.75, 3.05) is 30.5 Å². The first-order valence-electron chi connectivity index (χ1n) is 9.14. The summed E-state index contributed by atoms with van der Waals surface area (Å²) < 4.78 is 36.3. The normalized spacial score (nSPS) is 11.1. The highest BCUT2D eigenvalue weighted by Gasteiger charge is 2.15. The number of hydrogen-bond acceptors (Lipinski definition) is 7. The number of nitrogens with one attached hydrogen (secondary N) is 2. The van der Waals surface area contributed by atoms with Crippen LogP contribution in [0.1, 0.15) is 0 Å². The Bertz CT molecular complexity index is 1410. The number of aromatic nitrogens is 2. The predicted octanol–water partition coefficient (Wildman–Crippen LogP) is 4.99. The van der Waals surface area contributed by atoms with Gasteiger partial charge in [0.05, 0.1) is 48.6 Å². The van der Waals surface area contributed by atoms with Crippen molar-refractivity contribution >= 4 is 73.0 Å². The van der Waals surface area contributed by atoms with Gasteiger partial charge in [0.1, 0.15) is 11.3 Å². The molecule has 0 aliphatic rings. The van der Waals surface area contributed by atoms with Crippen molar-refractivity contribution in [2.24, 2.45) is 0 Å². The lowest BCUT2D eigenvalue weighted by atomic mass is 10.1. The van der Waals surface area contributed by atoms with Gasteiger partial charge in [0.2, 0.25) is 15.9 Å². The predicted molar refractivity (Wildman–Crippen MR) is 131 cm³/mol. The van der Waals surface area contributed by atoms with Gasteiger partial charge in [0.15, 0.2) is 0 Å². The van der Waals surface area contributed by atoms with E-state index < -0.39 is 10.0 Å². The monoisotopic (exact) mass is 494 g/mol. The first-order chi connectivity index (χ1) is 14.8. The van der Waals surface area contributed by atoms with Crippen molar-refractivity contribution in [2.45, 2.75) is 0 Å². The number of ether oxygens (including phenoxy) is 2. The highest BCUT2D eigenvalue weighted by Crippen LogP contribution is 2.37. The minimum Gasteiger partial charge on any atom is -0.494 e. The molecule has 0 bridgehead atoms. The summed E-state index contributed by atoms with van der Waals surface area (Å²) in [5, 5.41) is 4.74. The van der Waals surface area contributed by atoms with E-state index in [1.165, 1.54) is 7.11 Å². The van der Waals surface area contributed by atoms with Gasteiger partial charge in [-0.3, -0.25) is 4.72 Å². The molecule has 0 saturated carbocycles. The van der Waals surface area contributed by atoms with Crippen molar-refractivity contribution in [1.82, 2.24) is 9.97 Å².